The van der Waals surface area contributed by atoms with Gasteiger partial charge in [0.05, 0.1) is 48.3 Å². The van der Waals surface area contributed by atoms with Crippen LogP contribution in [-0.4, -0.2) is 54.9 Å². The van der Waals surface area contributed by atoms with E-state index in [0.29, 0.717) is 0 Å². The highest BCUT2D eigenvalue weighted by atomic mass is 127. The van der Waals surface area contributed by atoms with Gasteiger partial charge in [0.15, 0.2) is 14.2 Å². The molecule has 0 aliphatic heterocycles. The molecule has 0 unspecified atom stereocenters. The molecule has 0 N–H and O–H groups in total. The molecular formula is C20H39F3INO5Si. The summed E-state index contributed by atoms with van der Waals surface area (Å²) in [6.07, 6.45) is -6.36. The Morgan fingerprint density at radius 1 is 1.03 bits per heavy atom. The molecule has 0 heterocycles. The summed E-state index contributed by atoms with van der Waals surface area (Å²) in [6, 6.07) is 0. The number of halogens is 4. The van der Waals surface area contributed by atoms with E-state index in [1.165, 1.54) is 3.28 Å². The molecule has 0 saturated carbocycles. The second kappa shape index (κ2) is 11.0. The average Bonchev–Trinajstić information content (AvgIpc) is 2.49. The maximum atomic E-state index is 13.8. The molecule has 2 atom stereocenters. The highest BCUT2D eigenvalue weighted by Gasteiger charge is 2.53. The maximum Gasteiger partial charge on any atom is 0.404 e. The predicted octanol–water partition coefficient (Wildman–Crippen LogP) is 6.25. The van der Waals surface area contributed by atoms with E-state index in [4.69, 9.17) is 14.0 Å². The predicted molar refractivity (Wildman–Crippen MR) is 125 cm³/mol. The van der Waals surface area contributed by atoms with Gasteiger partial charge in [0.1, 0.15) is 5.72 Å². The van der Waals surface area contributed by atoms with Gasteiger partial charge < -0.3 is 13.9 Å². The van der Waals surface area contributed by atoms with E-state index in [1.807, 2.05) is 77.5 Å². The Morgan fingerprint density at radius 2 is 1.52 bits per heavy atom. The first-order valence-electron chi connectivity index (χ1n) is 10.2. The van der Waals surface area contributed by atoms with Gasteiger partial charge in [-0.1, -0.05) is 24.0 Å². The monoisotopic (exact) mass is 585 g/mol. The summed E-state index contributed by atoms with van der Waals surface area (Å²) < 4.78 is 59.3. The lowest BCUT2D eigenvalue weighted by molar-refractivity contribution is -0.263. The minimum absolute atomic E-state index is 0.0666. The molecule has 0 spiro atoms. The van der Waals surface area contributed by atoms with Crippen molar-refractivity contribution in [2.45, 2.75) is 104 Å². The summed E-state index contributed by atoms with van der Waals surface area (Å²) in [5, 5.41) is -0.336. The number of carbonyl (C=O) groups is 1. The molecule has 6 nitrogen and oxygen atoms in total. The van der Waals surface area contributed by atoms with Crippen LogP contribution in [0.25, 0.3) is 0 Å². The van der Waals surface area contributed by atoms with Gasteiger partial charge in [0.2, 0.25) is 0 Å². The number of hydrogen-bond donors (Lipinski definition) is 0. The average molecular weight is 586 g/mol. The van der Waals surface area contributed by atoms with Crippen molar-refractivity contribution in [3.05, 3.63) is 0 Å². The van der Waals surface area contributed by atoms with Crippen molar-refractivity contribution < 1.29 is 36.7 Å². The number of alkyl halides is 3. The first kappa shape index (κ1) is 31.0. The zero-order valence-electron chi connectivity index (χ0n) is 20.6. The second-order valence-corrected chi connectivity index (χ2v) is 16.1. The van der Waals surface area contributed by atoms with Crippen LogP contribution in [0, 0.1) is 5.92 Å². The van der Waals surface area contributed by atoms with E-state index in [1.54, 1.807) is 13.8 Å². The summed E-state index contributed by atoms with van der Waals surface area (Å²) in [5.41, 5.74) is -1.39. The van der Waals surface area contributed by atoms with E-state index in [9.17, 15) is 18.0 Å². The van der Waals surface area contributed by atoms with E-state index < -0.39 is 43.8 Å². The highest BCUT2D eigenvalue weighted by Crippen LogP contribution is 2.41. The molecule has 0 aromatic rings. The van der Waals surface area contributed by atoms with E-state index in [-0.39, 0.29) is 18.1 Å². The number of methoxy groups -OCH3 is 1. The lowest BCUT2D eigenvalue weighted by atomic mass is 9.99. The largest absolute Gasteiger partial charge is 0.468 e. The number of rotatable bonds is 10. The minimum atomic E-state index is -4.81. The zero-order valence-corrected chi connectivity index (χ0v) is 23.7. The molecule has 0 aromatic carbocycles. The van der Waals surface area contributed by atoms with Crippen LogP contribution in [-0.2, 0) is 23.5 Å². The van der Waals surface area contributed by atoms with Gasteiger partial charge in [-0.2, -0.15) is 13.2 Å². The van der Waals surface area contributed by atoms with Gasteiger partial charge in [-0.05, 0) is 59.2 Å². The van der Waals surface area contributed by atoms with Crippen molar-refractivity contribution >= 4 is 37.2 Å². The molecule has 0 aliphatic rings. The lowest BCUT2D eigenvalue weighted by Crippen LogP contribution is -2.51. The lowest BCUT2D eigenvalue weighted by Gasteiger charge is -2.41. The first-order valence-corrected chi connectivity index (χ1v) is 14.0. The molecule has 0 rings (SSSR count). The standard InChI is InChI=1S/C20H39F3INO5Si/c1-17(2,3)30-25(24)19(7,8)28-13-12-14(29-31(10,11)18(4,5)6)15(16(26)27-9)20(21,22)23/h14-15H,12-13H2,1-11H3/t14-,15+/m0/s1. The van der Waals surface area contributed by atoms with Gasteiger partial charge in [-0.25, -0.2) is 0 Å². The van der Waals surface area contributed by atoms with Gasteiger partial charge >= 0.3 is 12.1 Å². The van der Waals surface area contributed by atoms with Crippen molar-refractivity contribution in [3.63, 3.8) is 0 Å². The molecule has 0 radical (unpaired) electrons. The van der Waals surface area contributed by atoms with Crippen LogP contribution in [0.4, 0.5) is 13.2 Å². The number of ether oxygens (including phenoxy) is 2. The van der Waals surface area contributed by atoms with Crippen molar-refractivity contribution in [3.8, 4) is 0 Å². The quantitative estimate of drug-likeness (QED) is 0.0755. The fraction of sp³-hybridized carbons (Fsp3) is 0.950. The summed E-state index contributed by atoms with van der Waals surface area (Å²) in [5.74, 6) is -3.75. The number of nitrogens with zero attached hydrogens (tertiary/aromatic N) is 1. The van der Waals surface area contributed by atoms with Crippen LogP contribution in [0.5, 0.6) is 0 Å². The normalized spacial score (nSPS) is 16.4. The Labute approximate surface area is 200 Å². The van der Waals surface area contributed by atoms with Crippen LogP contribution in [0.2, 0.25) is 18.1 Å². The minimum Gasteiger partial charge on any atom is -0.468 e. The van der Waals surface area contributed by atoms with Gasteiger partial charge in [-0.3, -0.25) is 9.63 Å². The summed E-state index contributed by atoms with van der Waals surface area (Å²) in [6.45, 7) is 18.5. The highest BCUT2D eigenvalue weighted by molar-refractivity contribution is 14.1. The fourth-order valence-electron chi connectivity index (χ4n) is 2.30. The van der Waals surface area contributed by atoms with Gasteiger partial charge in [0, 0.05) is 0 Å². The Kier molecular flexibility index (Phi) is 11.0. The molecule has 0 bridgehead atoms. The van der Waals surface area contributed by atoms with Crippen molar-refractivity contribution in [2.75, 3.05) is 13.7 Å². The SMILES string of the molecule is COC(=O)[C@@H]([C@H](CCOC(C)(C)N(I)OC(C)(C)C)O[Si](C)(C)C(C)(C)C)C(F)(F)F. The van der Waals surface area contributed by atoms with Gasteiger partial charge in [-0.15, -0.1) is 0 Å². The first-order chi connectivity index (χ1) is 13.5. The van der Waals surface area contributed by atoms with Crippen molar-refractivity contribution in [1.29, 1.82) is 0 Å². The van der Waals surface area contributed by atoms with Crippen LogP contribution in [0.15, 0.2) is 0 Å². The van der Waals surface area contributed by atoms with Crippen LogP contribution in [0.3, 0.4) is 0 Å². The molecule has 0 aliphatic carbocycles. The number of carbonyl (C=O) groups excluding carboxylic acids is 1. The maximum absolute atomic E-state index is 13.8. The third kappa shape index (κ3) is 10.2. The topological polar surface area (TPSA) is 57.2 Å². The summed E-state index contributed by atoms with van der Waals surface area (Å²) >= 11 is 1.95. The third-order valence-electron chi connectivity index (χ3n) is 5.07. The smallest absolute Gasteiger partial charge is 0.404 e. The Balaban J connectivity index is 5.65. The Morgan fingerprint density at radius 3 is 1.87 bits per heavy atom. The van der Waals surface area contributed by atoms with Crippen LogP contribution in [0.1, 0.15) is 61.8 Å². The third-order valence-corrected chi connectivity index (χ3v) is 10.9. The molecule has 0 amide bonds. The molecule has 186 valence electrons. The zero-order chi connectivity index (χ0) is 25.1. The molecule has 0 aromatic heterocycles. The molecule has 0 fully saturated rings. The van der Waals surface area contributed by atoms with E-state index in [2.05, 4.69) is 4.74 Å². The van der Waals surface area contributed by atoms with Crippen molar-refractivity contribution in [1.82, 2.24) is 3.28 Å². The number of hydroxylamine groups is 1. The van der Waals surface area contributed by atoms with Crippen LogP contribution >= 0.6 is 22.9 Å². The molecular weight excluding hydrogens is 546 g/mol. The van der Waals surface area contributed by atoms with E-state index >= 15 is 0 Å². The molecule has 0 saturated heterocycles. The Bertz CT molecular complexity index is 589. The fourth-order valence-corrected chi connectivity index (χ4v) is 4.39. The number of esters is 1. The molecule has 31 heavy (non-hydrogen) atoms. The van der Waals surface area contributed by atoms with E-state index in [0.717, 1.165) is 7.11 Å². The Hall–Kier alpha value is 0.0469. The summed E-state index contributed by atoms with van der Waals surface area (Å²) in [7, 11) is -1.67. The molecule has 11 heteroatoms. The summed E-state index contributed by atoms with van der Waals surface area (Å²) in [4.78, 5) is 17.8. The van der Waals surface area contributed by atoms with Crippen molar-refractivity contribution in [2.24, 2.45) is 5.92 Å². The number of hydrogen-bond acceptors (Lipinski definition) is 6. The second-order valence-electron chi connectivity index (χ2n) is 10.5. The van der Waals surface area contributed by atoms with Gasteiger partial charge in [0.25, 0.3) is 0 Å². The van der Waals surface area contributed by atoms with Crippen LogP contribution < -0.4 is 0 Å².